The number of nitrogens with one attached hydrogen (secondary N) is 1. The van der Waals surface area contributed by atoms with E-state index in [9.17, 15) is 0 Å². The normalized spacial score (nSPS) is 26.5. The molecule has 2 heteroatoms. The molecular weight excluding hydrogens is 232 g/mol. The van der Waals surface area contributed by atoms with Crippen molar-refractivity contribution in [3.8, 4) is 0 Å². The van der Waals surface area contributed by atoms with E-state index in [1.807, 2.05) is 6.20 Å². The van der Waals surface area contributed by atoms with E-state index in [1.165, 1.54) is 62.7 Å². The molecule has 2 saturated carbocycles. The molecule has 1 aromatic heterocycles. The number of fused-ring (bicyclic) bond motifs is 1. The van der Waals surface area contributed by atoms with Crippen molar-refractivity contribution in [1.29, 1.82) is 0 Å². The lowest BCUT2D eigenvalue weighted by Gasteiger charge is -2.27. The molecule has 19 heavy (non-hydrogen) atoms. The number of hydrogen-bond acceptors (Lipinski definition) is 2. The molecule has 0 amide bonds. The van der Waals surface area contributed by atoms with Crippen LogP contribution in [-0.4, -0.2) is 11.5 Å². The highest BCUT2D eigenvalue weighted by Crippen LogP contribution is 2.49. The molecule has 0 bridgehead atoms. The van der Waals surface area contributed by atoms with E-state index < -0.39 is 0 Å². The van der Waals surface area contributed by atoms with Gasteiger partial charge in [0.05, 0.1) is 5.69 Å². The van der Waals surface area contributed by atoms with Gasteiger partial charge in [0, 0.05) is 12.2 Å². The summed E-state index contributed by atoms with van der Waals surface area (Å²) in [7, 11) is 0. The average Bonchev–Trinajstić information content (AvgIpc) is 3.33. The molecule has 1 heterocycles. The second-order valence-corrected chi connectivity index (χ2v) is 6.74. The minimum Gasteiger partial charge on any atom is -0.308 e. The fourth-order valence-corrected chi connectivity index (χ4v) is 3.85. The van der Waals surface area contributed by atoms with Crippen molar-refractivity contribution in [2.24, 2.45) is 17.8 Å². The van der Waals surface area contributed by atoms with Gasteiger partial charge in [-0.05, 0) is 80.9 Å². The molecule has 1 unspecified atom stereocenters. The van der Waals surface area contributed by atoms with Gasteiger partial charge in [-0.2, -0.15) is 0 Å². The zero-order valence-corrected chi connectivity index (χ0v) is 11.6. The summed E-state index contributed by atoms with van der Waals surface area (Å²) in [5.74, 6) is 3.06. The van der Waals surface area contributed by atoms with Crippen molar-refractivity contribution in [2.45, 2.75) is 51.0 Å². The summed E-state index contributed by atoms with van der Waals surface area (Å²) in [5, 5.41) is 3.86. The van der Waals surface area contributed by atoms with Crippen LogP contribution >= 0.6 is 0 Å². The Morgan fingerprint density at radius 2 is 1.95 bits per heavy atom. The Labute approximate surface area is 116 Å². The smallest absolute Gasteiger partial charge is 0.0605 e. The first-order valence-corrected chi connectivity index (χ1v) is 8.09. The van der Waals surface area contributed by atoms with E-state index >= 15 is 0 Å². The maximum Gasteiger partial charge on any atom is 0.0605 e. The molecule has 0 aromatic carbocycles. The van der Waals surface area contributed by atoms with Gasteiger partial charge in [0.25, 0.3) is 0 Å². The molecule has 4 rings (SSSR count). The van der Waals surface area contributed by atoms with Gasteiger partial charge in [0.2, 0.25) is 0 Å². The highest BCUT2D eigenvalue weighted by molar-refractivity contribution is 5.25. The second kappa shape index (κ2) is 4.90. The Kier molecular flexibility index (Phi) is 3.07. The summed E-state index contributed by atoms with van der Waals surface area (Å²) < 4.78 is 0. The highest BCUT2D eigenvalue weighted by Gasteiger charge is 2.41. The number of aromatic nitrogens is 1. The van der Waals surface area contributed by atoms with Gasteiger partial charge < -0.3 is 5.32 Å². The van der Waals surface area contributed by atoms with Crippen molar-refractivity contribution >= 4 is 0 Å². The summed E-state index contributed by atoms with van der Waals surface area (Å²) in [6.45, 7) is 1.23. The minimum absolute atomic E-state index is 0.518. The Morgan fingerprint density at radius 1 is 1.16 bits per heavy atom. The van der Waals surface area contributed by atoms with Crippen LogP contribution in [0, 0.1) is 17.8 Å². The Bertz CT molecular complexity index is 436. The summed E-state index contributed by atoms with van der Waals surface area (Å²) in [4.78, 5) is 4.64. The minimum atomic E-state index is 0.518. The van der Waals surface area contributed by atoms with Crippen LogP contribution in [0.2, 0.25) is 0 Å². The van der Waals surface area contributed by atoms with Crippen LogP contribution in [0.25, 0.3) is 0 Å². The first-order valence-electron chi connectivity index (χ1n) is 8.09. The predicted octanol–water partition coefficient (Wildman–Crippen LogP) is 3.48. The third kappa shape index (κ3) is 2.55. The molecule has 0 radical (unpaired) electrons. The van der Waals surface area contributed by atoms with E-state index in [0.29, 0.717) is 6.04 Å². The van der Waals surface area contributed by atoms with Gasteiger partial charge in [-0.25, -0.2) is 0 Å². The van der Waals surface area contributed by atoms with Crippen molar-refractivity contribution in [3.05, 3.63) is 29.6 Å². The van der Waals surface area contributed by atoms with Crippen LogP contribution in [-0.2, 0) is 6.42 Å². The lowest BCUT2D eigenvalue weighted by molar-refractivity contribution is 0.339. The van der Waals surface area contributed by atoms with E-state index in [-0.39, 0.29) is 0 Å². The first-order chi connectivity index (χ1) is 9.42. The second-order valence-electron chi connectivity index (χ2n) is 6.74. The molecule has 0 aliphatic heterocycles. The standard InChI is InChI=1S/C17H24N2/c1-3-14-4-2-10-18-17(14)16(5-1)19-11-15(12-6-7-12)13-8-9-13/h2,4,10,12-13,15-16,19H,1,3,5-9,11H2. The summed E-state index contributed by atoms with van der Waals surface area (Å²) in [5.41, 5.74) is 2.81. The SMILES string of the molecule is c1cnc2c(c1)CCCC2NCC(C1CC1)C1CC1. The van der Waals surface area contributed by atoms with E-state index in [0.717, 1.165) is 17.8 Å². The maximum absolute atomic E-state index is 4.64. The summed E-state index contributed by atoms with van der Waals surface area (Å²) in [6.07, 6.45) is 11.7. The number of nitrogens with zero attached hydrogens (tertiary/aromatic N) is 1. The van der Waals surface area contributed by atoms with Gasteiger partial charge in [-0.1, -0.05) is 6.07 Å². The largest absolute Gasteiger partial charge is 0.308 e. The molecule has 0 saturated heterocycles. The Morgan fingerprint density at radius 3 is 2.68 bits per heavy atom. The molecule has 1 aromatic rings. The lowest BCUT2D eigenvalue weighted by atomic mass is 9.90. The highest BCUT2D eigenvalue weighted by atomic mass is 15.0. The Hall–Kier alpha value is -0.890. The molecule has 0 spiro atoms. The van der Waals surface area contributed by atoms with Gasteiger partial charge >= 0.3 is 0 Å². The third-order valence-corrected chi connectivity index (χ3v) is 5.25. The molecule has 3 aliphatic rings. The van der Waals surface area contributed by atoms with E-state index in [4.69, 9.17) is 0 Å². The molecule has 3 aliphatic carbocycles. The molecule has 102 valence electrons. The van der Waals surface area contributed by atoms with Crippen LogP contribution in [0.15, 0.2) is 18.3 Å². The molecule has 1 atom stereocenters. The predicted molar refractivity (Wildman–Crippen MR) is 76.9 cm³/mol. The zero-order chi connectivity index (χ0) is 12.7. The van der Waals surface area contributed by atoms with E-state index in [1.54, 1.807) is 0 Å². The van der Waals surface area contributed by atoms with Crippen molar-refractivity contribution < 1.29 is 0 Å². The average molecular weight is 256 g/mol. The fraction of sp³-hybridized carbons (Fsp3) is 0.706. The number of rotatable bonds is 5. The van der Waals surface area contributed by atoms with Crippen LogP contribution in [0.3, 0.4) is 0 Å². The summed E-state index contributed by atoms with van der Waals surface area (Å²) in [6, 6.07) is 4.86. The van der Waals surface area contributed by atoms with Crippen LogP contribution in [0.1, 0.15) is 55.8 Å². The van der Waals surface area contributed by atoms with Crippen LogP contribution in [0.5, 0.6) is 0 Å². The topological polar surface area (TPSA) is 24.9 Å². The van der Waals surface area contributed by atoms with Crippen LogP contribution < -0.4 is 5.32 Å². The fourth-order valence-electron chi connectivity index (χ4n) is 3.85. The van der Waals surface area contributed by atoms with E-state index in [2.05, 4.69) is 22.4 Å². The molecule has 2 fully saturated rings. The number of aryl methyl sites for hydroxylation is 1. The maximum atomic E-state index is 4.64. The third-order valence-electron chi connectivity index (χ3n) is 5.25. The monoisotopic (exact) mass is 256 g/mol. The van der Waals surface area contributed by atoms with Crippen molar-refractivity contribution in [2.75, 3.05) is 6.54 Å². The molecule has 1 N–H and O–H groups in total. The Balaban J connectivity index is 1.42. The van der Waals surface area contributed by atoms with Crippen molar-refractivity contribution in [3.63, 3.8) is 0 Å². The number of pyridine rings is 1. The van der Waals surface area contributed by atoms with Gasteiger partial charge in [0.15, 0.2) is 0 Å². The molecular formula is C17H24N2. The summed E-state index contributed by atoms with van der Waals surface area (Å²) >= 11 is 0. The van der Waals surface area contributed by atoms with Crippen molar-refractivity contribution in [1.82, 2.24) is 10.3 Å². The number of hydrogen-bond donors (Lipinski definition) is 1. The van der Waals surface area contributed by atoms with Gasteiger partial charge in [-0.3, -0.25) is 4.98 Å². The van der Waals surface area contributed by atoms with Crippen LogP contribution in [0.4, 0.5) is 0 Å². The first kappa shape index (κ1) is 11.9. The zero-order valence-electron chi connectivity index (χ0n) is 11.6. The van der Waals surface area contributed by atoms with Gasteiger partial charge in [-0.15, -0.1) is 0 Å². The van der Waals surface area contributed by atoms with Gasteiger partial charge in [0.1, 0.15) is 0 Å². The quantitative estimate of drug-likeness (QED) is 0.872. The molecule has 2 nitrogen and oxygen atoms in total. The lowest BCUT2D eigenvalue weighted by Crippen LogP contribution is -2.32.